The number of ether oxygens (including phenoxy) is 1. The highest BCUT2D eigenvalue weighted by molar-refractivity contribution is 5.79. The van der Waals surface area contributed by atoms with Gasteiger partial charge in [0.25, 0.3) is 0 Å². The second-order valence-electron chi connectivity index (χ2n) is 7.71. The van der Waals surface area contributed by atoms with Crippen molar-refractivity contribution in [1.29, 1.82) is 0 Å². The molecule has 0 saturated carbocycles. The standard InChI is InChI=1S/C23H38N6O/c1-6-8-9-19(7-2)16-25-23(26-17-22-28-27-18(3)29(22)4)24-15-14-20-10-12-21(30-5)13-11-20/h10-13,19H,6-9,14-17H2,1-5H3,(H2,24,25,26). The number of methoxy groups -OCH3 is 1. The van der Waals surface area contributed by atoms with Crippen LogP contribution in [0.3, 0.4) is 0 Å². The Morgan fingerprint density at radius 2 is 1.93 bits per heavy atom. The van der Waals surface area contributed by atoms with Gasteiger partial charge in [-0.3, -0.25) is 0 Å². The number of hydrogen-bond acceptors (Lipinski definition) is 4. The number of benzene rings is 1. The van der Waals surface area contributed by atoms with Gasteiger partial charge in [0.15, 0.2) is 11.8 Å². The first-order chi connectivity index (χ1) is 14.6. The summed E-state index contributed by atoms with van der Waals surface area (Å²) >= 11 is 0. The summed E-state index contributed by atoms with van der Waals surface area (Å²) in [5.41, 5.74) is 1.26. The summed E-state index contributed by atoms with van der Waals surface area (Å²) in [6, 6.07) is 8.20. The maximum atomic E-state index is 5.23. The topological polar surface area (TPSA) is 76.4 Å². The number of rotatable bonds is 12. The normalized spacial score (nSPS) is 12.6. The van der Waals surface area contributed by atoms with Crippen molar-refractivity contribution in [2.75, 3.05) is 20.2 Å². The summed E-state index contributed by atoms with van der Waals surface area (Å²) < 4.78 is 7.21. The van der Waals surface area contributed by atoms with Crippen LogP contribution in [-0.2, 0) is 20.0 Å². The third kappa shape index (κ3) is 7.69. The zero-order valence-electron chi connectivity index (χ0n) is 19.2. The van der Waals surface area contributed by atoms with Gasteiger partial charge in [0, 0.05) is 20.1 Å². The SMILES string of the molecule is CCCCC(CC)CNC(=NCc1nnc(C)n1C)NCCc1ccc(OC)cc1. The molecule has 0 fully saturated rings. The lowest BCUT2D eigenvalue weighted by Crippen LogP contribution is -2.40. The van der Waals surface area contributed by atoms with Gasteiger partial charge >= 0.3 is 0 Å². The van der Waals surface area contributed by atoms with E-state index in [2.05, 4.69) is 46.8 Å². The highest BCUT2D eigenvalue weighted by atomic mass is 16.5. The molecule has 0 aliphatic heterocycles. The molecule has 7 heteroatoms. The highest BCUT2D eigenvalue weighted by Gasteiger charge is 2.09. The Kier molecular flexibility index (Phi) is 10.2. The molecule has 2 rings (SSSR count). The van der Waals surface area contributed by atoms with Crippen LogP contribution in [-0.4, -0.2) is 40.9 Å². The molecule has 1 aromatic carbocycles. The minimum Gasteiger partial charge on any atom is -0.497 e. The van der Waals surface area contributed by atoms with Gasteiger partial charge < -0.3 is 19.9 Å². The van der Waals surface area contributed by atoms with Gasteiger partial charge in [0.2, 0.25) is 0 Å². The number of guanidine groups is 1. The van der Waals surface area contributed by atoms with Crippen molar-refractivity contribution in [3.05, 3.63) is 41.5 Å². The van der Waals surface area contributed by atoms with Crippen LogP contribution in [0, 0.1) is 12.8 Å². The third-order valence-corrected chi connectivity index (χ3v) is 5.53. The van der Waals surface area contributed by atoms with Crippen molar-refractivity contribution < 1.29 is 4.74 Å². The van der Waals surface area contributed by atoms with Crippen LogP contribution in [0.2, 0.25) is 0 Å². The second-order valence-corrected chi connectivity index (χ2v) is 7.71. The lowest BCUT2D eigenvalue weighted by atomic mass is 9.99. The molecule has 30 heavy (non-hydrogen) atoms. The van der Waals surface area contributed by atoms with Gasteiger partial charge in [-0.15, -0.1) is 10.2 Å². The molecule has 2 N–H and O–H groups in total. The summed E-state index contributed by atoms with van der Waals surface area (Å²) in [6.45, 7) is 8.70. The van der Waals surface area contributed by atoms with Crippen molar-refractivity contribution in [2.24, 2.45) is 18.0 Å². The predicted molar refractivity (Wildman–Crippen MR) is 123 cm³/mol. The van der Waals surface area contributed by atoms with Crippen LogP contribution in [0.25, 0.3) is 0 Å². The molecule has 1 atom stereocenters. The van der Waals surface area contributed by atoms with E-state index in [1.54, 1.807) is 7.11 Å². The van der Waals surface area contributed by atoms with Crippen LogP contribution in [0.1, 0.15) is 56.7 Å². The van der Waals surface area contributed by atoms with Crippen molar-refractivity contribution >= 4 is 5.96 Å². The van der Waals surface area contributed by atoms with E-state index < -0.39 is 0 Å². The highest BCUT2D eigenvalue weighted by Crippen LogP contribution is 2.12. The lowest BCUT2D eigenvalue weighted by Gasteiger charge is -2.18. The second kappa shape index (κ2) is 12.9. The van der Waals surface area contributed by atoms with E-state index >= 15 is 0 Å². The van der Waals surface area contributed by atoms with Crippen LogP contribution in [0.4, 0.5) is 0 Å². The van der Waals surface area contributed by atoms with Gasteiger partial charge in [0.05, 0.1) is 7.11 Å². The molecule has 0 amide bonds. The fourth-order valence-electron chi connectivity index (χ4n) is 3.21. The molecule has 166 valence electrons. The Morgan fingerprint density at radius 1 is 1.17 bits per heavy atom. The number of nitrogens with zero attached hydrogens (tertiary/aromatic N) is 4. The molecule has 1 aromatic heterocycles. The zero-order chi connectivity index (χ0) is 21.8. The lowest BCUT2D eigenvalue weighted by molar-refractivity contribution is 0.414. The van der Waals surface area contributed by atoms with Gasteiger partial charge in [-0.25, -0.2) is 4.99 Å². The van der Waals surface area contributed by atoms with Crippen molar-refractivity contribution in [3.63, 3.8) is 0 Å². The quantitative estimate of drug-likeness (QED) is 0.410. The maximum Gasteiger partial charge on any atom is 0.191 e. The predicted octanol–water partition coefficient (Wildman–Crippen LogP) is 3.63. The van der Waals surface area contributed by atoms with E-state index in [0.717, 1.165) is 42.9 Å². The van der Waals surface area contributed by atoms with Crippen LogP contribution in [0.15, 0.2) is 29.3 Å². The van der Waals surface area contributed by atoms with Gasteiger partial charge in [-0.2, -0.15) is 0 Å². The molecule has 7 nitrogen and oxygen atoms in total. The Morgan fingerprint density at radius 3 is 2.53 bits per heavy atom. The number of hydrogen-bond donors (Lipinski definition) is 2. The van der Waals surface area contributed by atoms with Crippen molar-refractivity contribution in [1.82, 2.24) is 25.4 Å². The molecule has 1 heterocycles. The number of unbranched alkanes of at least 4 members (excludes halogenated alkanes) is 1. The number of nitrogens with one attached hydrogen (secondary N) is 2. The summed E-state index contributed by atoms with van der Waals surface area (Å²) in [5.74, 6) is 4.14. The molecule has 0 bridgehead atoms. The number of aromatic nitrogens is 3. The van der Waals surface area contributed by atoms with E-state index in [-0.39, 0.29) is 0 Å². The first kappa shape index (κ1) is 23.7. The van der Waals surface area contributed by atoms with E-state index in [4.69, 9.17) is 9.73 Å². The number of aliphatic imine (C=N–C) groups is 1. The molecule has 0 saturated heterocycles. The summed E-state index contributed by atoms with van der Waals surface area (Å²) in [4.78, 5) is 4.76. The molecule has 0 radical (unpaired) electrons. The first-order valence-electron chi connectivity index (χ1n) is 11.1. The maximum absolute atomic E-state index is 5.23. The van der Waals surface area contributed by atoms with Crippen molar-refractivity contribution in [2.45, 2.75) is 59.4 Å². The average molecular weight is 415 g/mol. The molecule has 1 unspecified atom stereocenters. The molecular weight excluding hydrogens is 376 g/mol. The first-order valence-corrected chi connectivity index (χ1v) is 11.1. The van der Waals surface area contributed by atoms with E-state index in [9.17, 15) is 0 Å². The van der Waals surface area contributed by atoms with Crippen LogP contribution >= 0.6 is 0 Å². The number of aryl methyl sites for hydroxylation is 1. The van der Waals surface area contributed by atoms with Crippen molar-refractivity contribution in [3.8, 4) is 5.75 Å². The summed E-state index contributed by atoms with van der Waals surface area (Å²) in [7, 11) is 3.66. The Bertz CT molecular complexity index is 769. The van der Waals surface area contributed by atoms with Crippen LogP contribution < -0.4 is 15.4 Å². The fourth-order valence-corrected chi connectivity index (χ4v) is 3.21. The molecule has 2 aromatic rings. The zero-order valence-corrected chi connectivity index (χ0v) is 19.2. The summed E-state index contributed by atoms with van der Waals surface area (Å²) in [5, 5.41) is 15.4. The minimum absolute atomic E-state index is 0.501. The largest absolute Gasteiger partial charge is 0.497 e. The summed E-state index contributed by atoms with van der Waals surface area (Å²) in [6.07, 6.45) is 5.86. The Labute approximate surface area is 181 Å². The van der Waals surface area contributed by atoms with Gasteiger partial charge in [0.1, 0.15) is 18.1 Å². The van der Waals surface area contributed by atoms with Gasteiger partial charge in [-0.05, 0) is 43.4 Å². The Hall–Kier alpha value is -2.57. The molecular formula is C23H38N6O. The van der Waals surface area contributed by atoms with E-state index in [1.165, 1.54) is 31.2 Å². The smallest absolute Gasteiger partial charge is 0.191 e. The fraction of sp³-hybridized carbons (Fsp3) is 0.609. The molecule has 0 aliphatic carbocycles. The molecule has 0 spiro atoms. The van der Waals surface area contributed by atoms with E-state index in [0.29, 0.717) is 12.5 Å². The minimum atomic E-state index is 0.501. The van der Waals surface area contributed by atoms with Gasteiger partial charge in [-0.1, -0.05) is 45.2 Å². The molecule has 0 aliphatic rings. The average Bonchev–Trinajstić information content (AvgIpc) is 3.09. The third-order valence-electron chi connectivity index (χ3n) is 5.53. The Balaban J connectivity index is 1.95. The monoisotopic (exact) mass is 414 g/mol. The van der Waals surface area contributed by atoms with Crippen LogP contribution in [0.5, 0.6) is 5.75 Å². The van der Waals surface area contributed by atoms with E-state index in [1.807, 2.05) is 30.7 Å².